The van der Waals surface area contributed by atoms with Crippen molar-refractivity contribution in [1.82, 2.24) is 9.80 Å². The van der Waals surface area contributed by atoms with Crippen molar-refractivity contribution in [2.24, 2.45) is 0 Å². The minimum Gasteiger partial charge on any atom is -0.497 e. The SMILES string of the molecule is COc1ccc(O[C@@H](CCN2CCN(Cc3ccccc3)CC2)c2ccccc2Cl)cc1. The van der Waals surface area contributed by atoms with Crippen molar-refractivity contribution in [3.63, 3.8) is 0 Å². The van der Waals surface area contributed by atoms with Gasteiger partial charge in [-0.05, 0) is 35.9 Å². The van der Waals surface area contributed by atoms with Crippen LogP contribution in [0, 0.1) is 0 Å². The van der Waals surface area contributed by atoms with Crippen LogP contribution in [0.15, 0.2) is 78.9 Å². The minimum atomic E-state index is -0.0977. The standard InChI is InChI=1S/C27H31ClN2O2/c1-31-23-11-13-24(14-12-23)32-27(25-9-5-6-10-26(25)28)15-16-29-17-19-30(20-18-29)21-22-7-3-2-4-8-22/h2-14,27H,15-21H2,1H3/t27-/m0/s1. The molecule has 0 bridgehead atoms. The molecule has 0 N–H and O–H groups in total. The third-order valence-electron chi connectivity index (χ3n) is 6.01. The Labute approximate surface area is 196 Å². The molecule has 4 rings (SSSR count). The molecule has 1 aliphatic rings. The monoisotopic (exact) mass is 450 g/mol. The number of rotatable bonds is 9. The highest BCUT2D eigenvalue weighted by atomic mass is 35.5. The van der Waals surface area contributed by atoms with E-state index >= 15 is 0 Å². The smallest absolute Gasteiger partial charge is 0.126 e. The van der Waals surface area contributed by atoms with E-state index in [0.717, 1.165) is 67.8 Å². The number of hydrogen-bond acceptors (Lipinski definition) is 4. The molecule has 0 aromatic heterocycles. The van der Waals surface area contributed by atoms with Crippen LogP contribution in [-0.4, -0.2) is 49.6 Å². The van der Waals surface area contributed by atoms with Crippen LogP contribution < -0.4 is 9.47 Å². The fraction of sp³-hybridized carbons (Fsp3) is 0.333. The Morgan fingerprint density at radius 2 is 1.41 bits per heavy atom. The topological polar surface area (TPSA) is 24.9 Å². The van der Waals surface area contributed by atoms with E-state index in [0.29, 0.717) is 0 Å². The molecule has 0 unspecified atom stereocenters. The summed E-state index contributed by atoms with van der Waals surface area (Å²) in [5.41, 5.74) is 2.42. The number of methoxy groups -OCH3 is 1. The van der Waals surface area contributed by atoms with Crippen molar-refractivity contribution >= 4 is 11.6 Å². The third-order valence-corrected chi connectivity index (χ3v) is 6.36. The van der Waals surface area contributed by atoms with Gasteiger partial charge in [-0.2, -0.15) is 0 Å². The molecule has 1 heterocycles. The van der Waals surface area contributed by atoms with Gasteiger partial charge in [-0.15, -0.1) is 0 Å². The van der Waals surface area contributed by atoms with Gasteiger partial charge in [-0.3, -0.25) is 4.90 Å². The van der Waals surface area contributed by atoms with E-state index in [1.54, 1.807) is 7.11 Å². The molecule has 168 valence electrons. The van der Waals surface area contributed by atoms with E-state index in [1.807, 2.05) is 42.5 Å². The maximum atomic E-state index is 6.53. The summed E-state index contributed by atoms with van der Waals surface area (Å²) in [7, 11) is 1.67. The molecular formula is C27H31ClN2O2. The summed E-state index contributed by atoms with van der Waals surface area (Å²) in [5, 5.41) is 0.749. The van der Waals surface area contributed by atoms with E-state index in [9.17, 15) is 0 Å². The number of halogens is 1. The summed E-state index contributed by atoms with van der Waals surface area (Å²) in [5.74, 6) is 1.64. The summed E-state index contributed by atoms with van der Waals surface area (Å²) >= 11 is 6.53. The van der Waals surface area contributed by atoms with Crippen molar-refractivity contribution in [1.29, 1.82) is 0 Å². The van der Waals surface area contributed by atoms with Crippen LogP contribution in [0.3, 0.4) is 0 Å². The van der Waals surface area contributed by atoms with E-state index in [2.05, 4.69) is 46.2 Å². The Bertz CT molecular complexity index is 957. The summed E-state index contributed by atoms with van der Waals surface area (Å²) in [4.78, 5) is 5.06. The third kappa shape index (κ3) is 6.26. The highest BCUT2D eigenvalue weighted by Gasteiger charge is 2.21. The van der Waals surface area contributed by atoms with Crippen LogP contribution in [0.25, 0.3) is 0 Å². The molecule has 1 fully saturated rings. The van der Waals surface area contributed by atoms with Crippen LogP contribution in [0.2, 0.25) is 5.02 Å². The Morgan fingerprint density at radius 3 is 2.09 bits per heavy atom. The summed E-state index contributed by atoms with van der Waals surface area (Å²) < 4.78 is 11.7. The van der Waals surface area contributed by atoms with Crippen LogP contribution >= 0.6 is 11.6 Å². The first-order chi connectivity index (χ1) is 15.7. The van der Waals surface area contributed by atoms with Gasteiger partial charge in [0.15, 0.2) is 0 Å². The Morgan fingerprint density at radius 1 is 0.781 bits per heavy atom. The van der Waals surface area contributed by atoms with Crippen molar-refractivity contribution in [2.75, 3.05) is 39.8 Å². The van der Waals surface area contributed by atoms with Crippen molar-refractivity contribution in [2.45, 2.75) is 19.1 Å². The Kier molecular flexibility index (Phi) is 8.05. The highest BCUT2D eigenvalue weighted by molar-refractivity contribution is 6.31. The van der Waals surface area contributed by atoms with Gasteiger partial charge in [0.25, 0.3) is 0 Å². The molecule has 0 radical (unpaired) electrons. The molecule has 3 aromatic rings. The normalized spacial score (nSPS) is 15.9. The molecule has 32 heavy (non-hydrogen) atoms. The average molecular weight is 451 g/mol. The average Bonchev–Trinajstić information content (AvgIpc) is 2.84. The summed E-state index contributed by atoms with van der Waals surface area (Å²) in [6, 6.07) is 26.4. The first-order valence-electron chi connectivity index (χ1n) is 11.2. The minimum absolute atomic E-state index is 0.0977. The van der Waals surface area contributed by atoms with Crippen LogP contribution in [0.4, 0.5) is 0 Å². The first kappa shape index (κ1) is 22.7. The molecule has 1 atom stereocenters. The molecule has 1 aliphatic heterocycles. The zero-order chi connectivity index (χ0) is 22.2. The molecule has 0 saturated carbocycles. The second-order valence-corrected chi connectivity index (χ2v) is 8.60. The number of benzene rings is 3. The lowest BCUT2D eigenvalue weighted by molar-refractivity contribution is 0.107. The molecule has 0 aliphatic carbocycles. The second-order valence-electron chi connectivity index (χ2n) is 8.20. The fourth-order valence-corrected chi connectivity index (χ4v) is 4.40. The lowest BCUT2D eigenvalue weighted by Crippen LogP contribution is -2.46. The largest absolute Gasteiger partial charge is 0.497 e. The molecule has 1 saturated heterocycles. The van der Waals surface area contributed by atoms with Gasteiger partial charge in [0, 0.05) is 56.3 Å². The molecule has 0 amide bonds. The number of ether oxygens (including phenoxy) is 2. The molecule has 0 spiro atoms. The van der Waals surface area contributed by atoms with Gasteiger partial charge in [0.1, 0.15) is 17.6 Å². The van der Waals surface area contributed by atoms with Crippen molar-refractivity contribution < 1.29 is 9.47 Å². The van der Waals surface area contributed by atoms with E-state index in [1.165, 1.54) is 5.56 Å². The fourth-order valence-electron chi connectivity index (χ4n) is 4.15. The predicted molar refractivity (Wildman–Crippen MR) is 131 cm³/mol. The van der Waals surface area contributed by atoms with E-state index in [-0.39, 0.29) is 6.10 Å². The van der Waals surface area contributed by atoms with E-state index in [4.69, 9.17) is 21.1 Å². The molecule has 4 nitrogen and oxygen atoms in total. The van der Waals surface area contributed by atoms with Gasteiger partial charge in [-0.25, -0.2) is 0 Å². The lowest BCUT2D eigenvalue weighted by Gasteiger charge is -2.35. The lowest BCUT2D eigenvalue weighted by atomic mass is 10.1. The van der Waals surface area contributed by atoms with Gasteiger partial charge in [0.2, 0.25) is 0 Å². The quantitative estimate of drug-likeness (QED) is 0.419. The number of nitrogens with zero attached hydrogens (tertiary/aromatic N) is 2. The van der Waals surface area contributed by atoms with Gasteiger partial charge >= 0.3 is 0 Å². The van der Waals surface area contributed by atoms with Crippen LogP contribution in [-0.2, 0) is 6.54 Å². The first-order valence-corrected chi connectivity index (χ1v) is 11.6. The maximum Gasteiger partial charge on any atom is 0.126 e. The van der Waals surface area contributed by atoms with Gasteiger partial charge in [-0.1, -0.05) is 60.1 Å². The Hall–Kier alpha value is -2.53. The van der Waals surface area contributed by atoms with E-state index < -0.39 is 0 Å². The highest BCUT2D eigenvalue weighted by Crippen LogP contribution is 2.31. The van der Waals surface area contributed by atoms with Gasteiger partial charge < -0.3 is 14.4 Å². The summed E-state index contributed by atoms with van der Waals surface area (Å²) in [6.45, 7) is 6.33. The number of hydrogen-bond donors (Lipinski definition) is 0. The van der Waals surface area contributed by atoms with Crippen LogP contribution in [0.1, 0.15) is 23.7 Å². The van der Waals surface area contributed by atoms with Crippen molar-refractivity contribution in [3.8, 4) is 11.5 Å². The number of piperazine rings is 1. The summed E-state index contributed by atoms with van der Waals surface area (Å²) in [6.07, 6.45) is 0.786. The molecule has 3 aromatic carbocycles. The molecular weight excluding hydrogens is 420 g/mol. The zero-order valence-corrected chi connectivity index (χ0v) is 19.4. The Balaban J connectivity index is 1.34. The van der Waals surface area contributed by atoms with Crippen LogP contribution in [0.5, 0.6) is 11.5 Å². The predicted octanol–water partition coefficient (Wildman–Crippen LogP) is 5.68. The van der Waals surface area contributed by atoms with Gasteiger partial charge in [0.05, 0.1) is 7.11 Å². The molecule has 5 heteroatoms. The second kappa shape index (κ2) is 11.4. The van der Waals surface area contributed by atoms with Crippen molar-refractivity contribution in [3.05, 3.63) is 95.0 Å². The maximum absolute atomic E-state index is 6.53. The zero-order valence-electron chi connectivity index (χ0n) is 18.6.